The lowest BCUT2D eigenvalue weighted by Crippen LogP contribution is -2.04. The van der Waals surface area contributed by atoms with Crippen molar-refractivity contribution in [1.29, 1.82) is 0 Å². The maximum absolute atomic E-state index is 11.0. The van der Waals surface area contributed by atoms with Crippen LogP contribution in [0.25, 0.3) is 11.1 Å². The van der Waals surface area contributed by atoms with Crippen LogP contribution in [0.5, 0.6) is 5.75 Å². The van der Waals surface area contributed by atoms with Gasteiger partial charge in [0, 0.05) is 20.1 Å². The SMILES string of the molecule is CCOCCOCCCCCCc1ccc(-c2ccc(OC(C)=O)cc2)cc1. The van der Waals surface area contributed by atoms with E-state index in [1.165, 1.54) is 37.3 Å². The van der Waals surface area contributed by atoms with Crippen LogP contribution in [0.1, 0.15) is 45.1 Å². The molecule has 0 aliphatic rings. The van der Waals surface area contributed by atoms with E-state index in [9.17, 15) is 4.79 Å². The maximum Gasteiger partial charge on any atom is 0.308 e. The normalized spacial score (nSPS) is 10.8. The molecule has 0 bridgehead atoms. The third-order valence-corrected chi connectivity index (χ3v) is 4.48. The van der Waals surface area contributed by atoms with Crippen LogP contribution >= 0.6 is 0 Å². The fourth-order valence-corrected chi connectivity index (χ4v) is 3.00. The molecule has 0 saturated heterocycles. The predicted octanol–water partition coefficient (Wildman–Crippen LogP) is 5.43. The van der Waals surface area contributed by atoms with E-state index in [0.717, 1.165) is 31.6 Å². The van der Waals surface area contributed by atoms with E-state index >= 15 is 0 Å². The van der Waals surface area contributed by atoms with Crippen molar-refractivity contribution in [2.75, 3.05) is 26.4 Å². The molecule has 2 aromatic carbocycles. The molecule has 28 heavy (non-hydrogen) atoms. The van der Waals surface area contributed by atoms with Crippen molar-refractivity contribution in [3.8, 4) is 16.9 Å². The van der Waals surface area contributed by atoms with E-state index in [0.29, 0.717) is 19.0 Å². The molecule has 0 unspecified atom stereocenters. The van der Waals surface area contributed by atoms with Crippen LogP contribution in [-0.4, -0.2) is 32.4 Å². The molecule has 0 radical (unpaired) electrons. The first-order valence-corrected chi connectivity index (χ1v) is 10.2. The van der Waals surface area contributed by atoms with Gasteiger partial charge in [0.1, 0.15) is 5.75 Å². The highest BCUT2D eigenvalue weighted by molar-refractivity contribution is 5.70. The number of aryl methyl sites for hydroxylation is 1. The van der Waals surface area contributed by atoms with Gasteiger partial charge in [-0.1, -0.05) is 49.2 Å². The van der Waals surface area contributed by atoms with Crippen molar-refractivity contribution in [2.45, 2.75) is 46.0 Å². The largest absolute Gasteiger partial charge is 0.427 e. The third kappa shape index (κ3) is 8.68. The van der Waals surface area contributed by atoms with Crippen molar-refractivity contribution in [1.82, 2.24) is 0 Å². The molecule has 152 valence electrons. The van der Waals surface area contributed by atoms with Crippen LogP contribution in [0.15, 0.2) is 48.5 Å². The molecule has 0 atom stereocenters. The first kappa shape index (κ1) is 22.1. The Hall–Kier alpha value is -2.17. The van der Waals surface area contributed by atoms with Gasteiger partial charge in [-0.25, -0.2) is 0 Å². The number of ether oxygens (including phenoxy) is 3. The Balaban J connectivity index is 1.64. The van der Waals surface area contributed by atoms with Crippen molar-refractivity contribution in [3.63, 3.8) is 0 Å². The Morgan fingerprint density at radius 2 is 1.36 bits per heavy atom. The summed E-state index contributed by atoms with van der Waals surface area (Å²) in [5.41, 5.74) is 3.65. The number of carbonyl (C=O) groups excluding carboxylic acids is 1. The molecule has 0 aliphatic carbocycles. The Kier molecular flexibility index (Phi) is 10.3. The monoisotopic (exact) mass is 384 g/mol. The molecule has 2 rings (SSSR count). The summed E-state index contributed by atoms with van der Waals surface area (Å²) in [6, 6.07) is 16.3. The summed E-state index contributed by atoms with van der Waals surface area (Å²) >= 11 is 0. The number of carbonyl (C=O) groups is 1. The molecule has 0 heterocycles. The highest BCUT2D eigenvalue weighted by atomic mass is 16.5. The van der Waals surface area contributed by atoms with Gasteiger partial charge in [0.2, 0.25) is 0 Å². The van der Waals surface area contributed by atoms with Gasteiger partial charge in [-0.15, -0.1) is 0 Å². The maximum atomic E-state index is 11.0. The molecule has 0 aromatic heterocycles. The summed E-state index contributed by atoms with van der Waals surface area (Å²) < 4.78 is 15.8. The fraction of sp³-hybridized carbons (Fsp3) is 0.458. The molecule has 0 amide bonds. The quantitative estimate of drug-likeness (QED) is 0.262. The minimum Gasteiger partial charge on any atom is -0.427 e. The van der Waals surface area contributed by atoms with E-state index in [1.54, 1.807) is 0 Å². The molecule has 0 saturated carbocycles. The van der Waals surface area contributed by atoms with Gasteiger partial charge in [-0.2, -0.15) is 0 Å². The van der Waals surface area contributed by atoms with Crippen LogP contribution in [0.2, 0.25) is 0 Å². The Morgan fingerprint density at radius 1 is 0.750 bits per heavy atom. The first-order valence-electron chi connectivity index (χ1n) is 10.2. The molecule has 0 N–H and O–H groups in total. The summed E-state index contributed by atoms with van der Waals surface area (Å²) in [4.78, 5) is 11.0. The second-order valence-electron chi connectivity index (χ2n) is 6.79. The van der Waals surface area contributed by atoms with Gasteiger partial charge in [0.15, 0.2) is 0 Å². The first-order chi connectivity index (χ1) is 13.7. The molecule has 0 spiro atoms. The Labute approximate surface area is 168 Å². The summed E-state index contributed by atoms with van der Waals surface area (Å²) in [7, 11) is 0. The van der Waals surface area contributed by atoms with Crippen molar-refractivity contribution in [2.24, 2.45) is 0 Å². The standard InChI is InChI=1S/C24H32O4/c1-3-26-18-19-27-17-7-5-4-6-8-21-9-11-22(12-10-21)23-13-15-24(16-14-23)28-20(2)25/h9-16H,3-8,17-19H2,1-2H3. The lowest BCUT2D eigenvalue weighted by molar-refractivity contribution is -0.131. The van der Waals surface area contributed by atoms with E-state index < -0.39 is 0 Å². The van der Waals surface area contributed by atoms with Crippen molar-refractivity contribution in [3.05, 3.63) is 54.1 Å². The van der Waals surface area contributed by atoms with Crippen molar-refractivity contribution < 1.29 is 19.0 Å². The zero-order chi connectivity index (χ0) is 20.0. The van der Waals surface area contributed by atoms with Crippen LogP contribution in [0.4, 0.5) is 0 Å². The highest BCUT2D eigenvalue weighted by Gasteiger charge is 2.02. The lowest BCUT2D eigenvalue weighted by Gasteiger charge is -2.07. The fourth-order valence-electron chi connectivity index (χ4n) is 3.00. The van der Waals surface area contributed by atoms with Gasteiger partial charge in [0.05, 0.1) is 13.2 Å². The summed E-state index contributed by atoms with van der Waals surface area (Å²) in [5.74, 6) is 0.277. The van der Waals surface area contributed by atoms with Gasteiger partial charge in [0.25, 0.3) is 0 Å². The predicted molar refractivity (Wildman–Crippen MR) is 113 cm³/mol. The van der Waals surface area contributed by atoms with E-state index in [-0.39, 0.29) is 5.97 Å². The number of hydrogen-bond acceptors (Lipinski definition) is 4. The number of benzene rings is 2. The van der Waals surface area contributed by atoms with E-state index in [2.05, 4.69) is 24.3 Å². The van der Waals surface area contributed by atoms with Crippen LogP contribution in [0.3, 0.4) is 0 Å². The van der Waals surface area contributed by atoms with Crippen LogP contribution in [-0.2, 0) is 20.7 Å². The average molecular weight is 385 g/mol. The summed E-state index contributed by atoms with van der Waals surface area (Å²) in [5, 5.41) is 0. The van der Waals surface area contributed by atoms with Crippen LogP contribution in [0, 0.1) is 0 Å². The third-order valence-electron chi connectivity index (χ3n) is 4.48. The van der Waals surface area contributed by atoms with Gasteiger partial charge < -0.3 is 14.2 Å². The van der Waals surface area contributed by atoms with E-state index in [1.807, 2.05) is 31.2 Å². The Bertz CT molecular complexity index is 677. The highest BCUT2D eigenvalue weighted by Crippen LogP contribution is 2.23. The van der Waals surface area contributed by atoms with Crippen LogP contribution < -0.4 is 4.74 Å². The molecule has 4 nitrogen and oxygen atoms in total. The number of unbranched alkanes of at least 4 members (excludes halogenated alkanes) is 3. The molecule has 0 fully saturated rings. The van der Waals surface area contributed by atoms with Gasteiger partial charge >= 0.3 is 5.97 Å². The number of esters is 1. The zero-order valence-electron chi connectivity index (χ0n) is 17.1. The lowest BCUT2D eigenvalue weighted by atomic mass is 10.0. The molecule has 4 heteroatoms. The average Bonchev–Trinajstić information content (AvgIpc) is 2.70. The molecular weight excluding hydrogens is 352 g/mol. The Morgan fingerprint density at radius 3 is 2.00 bits per heavy atom. The minimum absolute atomic E-state index is 0.300. The second-order valence-corrected chi connectivity index (χ2v) is 6.79. The molecular formula is C24H32O4. The number of hydrogen-bond donors (Lipinski definition) is 0. The number of rotatable bonds is 13. The topological polar surface area (TPSA) is 44.8 Å². The van der Waals surface area contributed by atoms with Gasteiger partial charge in [-0.05, 0) is 55.0 Å². The van der Waals surface area contributed by atoms with Crippen molar-refractivity contribution >= 4 is 5.97 Å². The van der Waals surface area contributed by atoms with E-state index in [4.69, 9.17) is 14.2 Å². The summed E-state index contributed by atoms with van der Waals surface area (Å²) in [6.07, 6.45) is 5.87. The molecule has 0 aliphatic heterocycles. The summed E-state index contributed by atoms with van der Waals surface area (Å²) in [6.45, 7) is 6.39. The second kappa shape index (κ2) is 13.1. The van der Waals surface area contributed by atoms with Gasteiger partial charge in [-0.3, -0.25) is 4.79 Å². The molecule has 2 aromatic rings. The minimum atomic E-state index is -0.300. The smallest absolute Gasteiger partial charge is 0.308 e. The zero-order valence-corrected chi connectivity index (χ0v) is 17.1.